The van der Waals surface area contributed by atoms with E-state index in [-0.39, 0.29) is 0 Å². The molecule has 0 bridgehead atoms. The third-order valence-corrected chi connectivity index (χ3v) is 3.43. The molecular weight excluding hydrogens is 218 g/mol. The fourth-order valence-corrected chi connectivity index (χ4v) is 2.54. The van der Waals surface area contributed by atoms with Crippen molar-refractivity contribution in [1.29, 1.82) is 0 Å². The molecule has 16 heavy (non-hydrogen) atoms. The Balaban J connectivity index is 2.33. The standard InChI is InChI=1S/C12H11N3S/c13-8-9-10-4-1-2-6-15(10)12(14-9)11-5-3-7-16-11/h1-7H,8,13H2. The molecule has 3 rings (SSSR count). The Morgan fingerprint density at radius 2 is 2.19 bits per heavy atom. The van der Waals surface area contributed by atoms with E-state index in [4.69, 9.17) is 5.73 Å². The van der Waals surface area contributed by atoms with Crippen LogP contribution in [0.1, 0.15) is 5.69 Å². The summed E-state index contributed by atoms with van der Waals surface area (Å²) in [7, 11) is 0. The zero-order valence-electron chi connectivity index (χ0n) is 8.63. The van der Waals surface area contributed by atoms with Crippen LogP contribution < -0.4 is 5.73 Å². The molecule has 0 radical (unpaired) electrons. The van der Waals surface area contributed by atoms with Gasteiger partial charge in [-0.25, -0.2) is 4.98 Å². The summed E-state index contributed by atoms with van der Waals surface area (Å²) in [6.07, 6.45) is 2.02. The van der Waals surface area contributed by atoms with Crippen LogP contribution in [-0.2, 0) is 6.54 Å². The fourth-order valence-electron chi connectivity index (χ4n) is 1.83. The lowest BCUT2D eigenvalue weighted by molar-refractivity contribution is 1.03. The maximum Gasteiger partial charge on any atom is 0.154 e. The first-order valence-electron chi connectivity index (χ1n) is 5.10. The third-order valence-electron chi connectivity index (χ3n) is 2.56. The van der Waals surface area contributed by atoms with E-state index in [1.54, 1.807) is 11.3 Å². The molecule has 0 atom stereocenters. The van der Waals surface area contributed by atoms with Crippen molar-refractivity contribution in [3.8, 4) is 10.7 Å². The first-order chi connectivity index (χ1) is 7.90. The van der Waals surface area contributed by atoms with Gasteiger partial charge in [-0.2, -0.15) is 0 Å². The van der Waals surface area contributed by atoms with Gasteiger partial charge in [-0.15, -0.1) is 11.3 Å². The van der Waals surface area contributed by atoms with Crippen molar-refractivity contribution < 1.29 is 0 Å². The van der Waals surface area contributed by atoms with Crippen LogP contribution in [0.5, 0.6) is 0 Å². The lowest BCUT2D eigenvalue weighted by Gasteiger charge is -1.97. The molecule has 3 aromatic heterocycles. The van der Waals surface area contributed by atoms with Crippen LogP contribution in [-0.4, -0.2) is 9.38 Å². The molecule has 80 valence electrons. The minimum absolute atomic E-state index is 0.471. The molecule has 0 aliphatic rings. The summed E-state index contributed by atoms with van der Waals surface area (Å²) in [4.78, 5) is 5.77. The van der Waals surface area contributed by atoms with Crippen molar-refractivity contribution in [3.63, 3.8) is 0 Å². The number of thiophene rings is 1. The molecule has 0 aromatic carbocycles. The van der Waals surface area contributed by atoms with Gasteiger partial charge in [0.2, 0.25) is 0 Å². The molecule has 0 saturated carbocycles. The highest BCUT2D eigenvalue weighted by Gasteiger charge is 2.11. The van der Waals surface area contributed by atoms with E-state index in [9.17, 15) is 0 Å². The number of hydrogen-bond acceptors (Lipinski definition) is 3. The summed E-state index contributed by atoms with van der Waals surface area (Å²) in [6.45, 7) is 0.471. The van der Waals surface area contributed by atoms with E-state index >= 15 is 0 Å². The molecule has 3 nitrogen and oxygen atoms in total. The molecule has 0 amide bonds. The van der Waals surface area contributed by atoms with Gasteiger partial charge in [-0.05, 0) is 23.6 Å². The van der Waals surface area contributed by atoms with Crippen LogP contribution in [0.3, 0.4) is 0 Å². The lowest BCUT2D eigenvalue weighted by atomic mass is 10.3. The van der Waals surface area contributed by atoms with E-state index in [2.05, 4.69) is 20.8 Å². The molecular formula is C12H11N3S. The van der Waals surface area contributed by atoms with Gasteiger partial charge in [0.1, 0.15) is 0 Å². The monoisotopic (exact) mass is 229 g/mol. The Kier molecular flexibility index (Phi) is 2.23. The number of aromatic nitrogens is 2. The van der Waals surface area contributed by atoms with Crippen molar-refractivity contribution in [3.05, 3.63) is 47.6 Å². The van der Waals surface area contributed by atoms with E-state index in [0.717, 1.165) is 17.0 Å². The second-order valence-corrected chi connectivity index (χ2v) is 4.47. The summed E-state index contributed by atoms with van der Waals surface area (Å²) < 4.78 is 2.09. The van der Waals surface area contributed by atoms with Crippen molar-refractivity contribution in [2.75, 3.05) is 0 Å². The first-order valence-corrected chi connectivity index (χ1v) is 5.98. The number of rotatable bonds is 2. The number of fused-ring (bicyclic) bond motifs is 1. The van der Waals surface area contributed by atoms with Gasteiger partial charge < -0.3 is 5.73 Å². The summed E-state index contributed by atoms with van der Waals surface area (Å²) in [5.74, 6) is 0.978. The van der Waals surface area contributed by atoms with Crippen LogP contribution >= 0.6 is 11.3 Å². The molecule has 0 aliphatic carbocycles. The Morgan fingerprint density at radius 3 is 2.94 bits per heavy atom. The molecule has 0 spiro atoms. The molecule has 0 unspecified atom stereocenters. The highest BCUT2D eigenvalue weighted by molar-refractivity contribution is 7.13. The highest BCUT2D eigenvalue weighted by Crippen LogP contribution is 2.26. The van der Waals surface area contributed by atoms with Gasteiger partial charge >= 0.3 is 0 Å². The molecule has 4 heteroatoms. The molecule has 2 N–H and O–H groups in total. The van der Waals surface area contributed by atoms with Gasteiger partial charge in [-0.3, -0.25) is 4.40 Å². The summed E-state index contributed by atoms with van der Waals surface area (Å²) in [5.41, 5.74) is 7.75. The van der Waals surface area contributed by atoms with Gasteiger partial charge in [0.25, 0.3) is 0 Å². The molecule has 0 fully saturated rings. The predicted octanol–water partition coefficient (Wildman–Crippen LogP) is 2.52. The van der Waals surface area contributed by atoms with E-state index in [1.807, 2.05) is 30.5 Å². The van der Waals surface area contributed by atoms with E-state index in [0.29, 0.717) is 6.54 Å². The average molecular weight is 229 g/mol. The molecule has 3 heterocycles. The quantitative estimate of drug-likeness (QED) is 0.733. The predicted molar refractivity (Wildman–Crippen MR) is 66.4 cm³/mol. The van der Waals surface area contributed by atoms with E-state index < -0.39 is 0 Å². The topological polar surface area (TPSA) is 43.3 Å². The first kappa shape index (κ1) is 9.57. The van der Waals surface area contributed by atoms with Crippen LogP contribution in [0.2, 0.25) is 0 Å². The van der Waals surface area contributed by atoms with Crippen LogP contribution in [0.15, 0.2) is 41.9 Å². The highest BCUT2D eigenvalue weighted by atomic mass is 32.1. The minimum atomic E-state index is 0.471. The summed E-state index contributed by atoms with van der Waals surface area (Å²) in [5, 5.41) is 2.06. The number of nitrogens with zero attached hydrogens (tertiary/aromatic N) is 2. The van der Waals surface area contributed by atoms with Crippen LogP contribution in [0.25, 0.3) is 16.2 Å². The van der Waals surface area contributed by atoms with Gasteiger partial charge in [-0.1, -0.05) is 12.1 Å². The zero-order valence-corrected chi connectivity index (χ0v) is 9.45. The van der Waals surface area contributed by atoms with E-state index in [1.165, 1.54) is 4.88 Å². The van der Waals surface area contributed by atoms with Crippen molar-refractivity contribution >= 4 is 16.9 Å². The Bertz CT molecular complexity index is 610. The summed E-state index contributed by atoms with van der Waals surface area (Å²) >= 11 is 1.69. The number of nitrogens with two attached hydrogens (primary N) is 1. The lowest BCUT2D eigenvalue weighted by Crippen LogP contribution is -1.96. The SMILES string of the molecule is NCc1nc(-c2cccs2)n2ccccc12. The Hall–Kier alpha value is -1.65. The Morgan fingerprint density at radius 1 is 1.25 bits per heavy atom. The smallest absolute Gasteiger partial charge is 0.154 e. The van der Waals surface area contributed by atoms with Gasteiger partial charge in [0, 0.05) is 12.7 Å². The normalized spacial score (nSPS) is 11.1. The maximum atomic E-state index is 5.71. The molecule has 0 saturated heterocycles. The number of imidazole rings is 1. The van der Waals surface area contributed by atoms with Crippen molar-refractivity contribution in [2.45, 2.75) is 6.54 Å². The van der Waals surface area contributed by atoms with Gasteiger partial charge in [0.05, 0.1) is 16.1 Å². The maximum absolute atomic E-state index is 5.71. The molecule has 0 aliphatic heterocycles. The summed E-state index contributed by atoms with van der Waals surface area (Å²) in [6, 6.07) is 10.2. The largest absolute Gasteiger partial charge is 0.325 e. The number of hydrogen-bond donors (Lipinski definition) is 1. The second kappa shape index (κ2) is 3.73. The van der Waals surface area contributed by atoms with Crippen LogP contribution in [0, 0.1) is 0 Å². The zero-order chi connectivity index (χ0) is 11.0. The molecule has 3 aromatic rings. The third kappa shape index (κ3) is 1.35. The van der Waals surface area contributed by atoms with Crippen LogP contribution in [0.4, 0.5) is 0 Å². The minimum Gasteiger partial charge on any atom is -0.325 e. The van der Waals surface area contributed by atoms with Gasteiger partial charge in [0.15, 0.2) is 5.82 Å². The van der Waals surface area contributed by atoms with Crippen molar-refractivity contribution in [1.82, 2.24) is 9.38 Å². The number of pyridine rings is 1. The average Bonchev–Trinajstić information content (AvgIpc) is 2.95. The fraction of sp³-hybridized carbons (Fsp3) is 0.0833. The Labute approximate surface area is 97.2 Å². The second-order valence-electron chi connectivity index (χ2n) is 3.52. The van der Waals surface area contributed by atoms with Crippen molar-refractivity contribution in [2.24, 2.45) is 5.73 Å².